The Morgan fingerprint density at radius 3 is 2.22 bits per heavy atom. The number of amides is 2. The van der Waals surface area contributed by atoms with Crippen molar-refractivity contribution < 1.29 is 9.90 Å². The lowest BCUT2D eigenvalue weighted by molar-refractivity contribution is 0.239. The minimum Gasteiger partial charge on any atom is -0.508 e. The number of rotatable bonds is 7. The molecule has 0 bridgehead atoms. The molecule has 0 atom stereocenters. The first kappa shape index (κ1) is 21.7. The summed E-state index contributed by atoms with van der Waals surface area (Å²) in [5.41, 5.74) is 4.52. The topological polar surface area (TPSA) is 67.8 Å². The predicted octanol–water partition coefficient (Wildman–Crippen LogP) is 3.71. The third-order valence-corrected chi connectivity index (χ3v) is 5.81. The Balaban J connectivity index is 1.26. The van der Waals surface area contributed by atoms with Crippen molar-refractivity contribution in [2.75, 3.05) is 31.1 Å². The first-order valence-electron chi connectivity index (χ1n) is 11.1. The van der Waals surface area contributed by atoms with Crippen LogP contribution in [-0.4, -0.2) is 42.2 Å². The number of hydrogen-bond acceptors (Lipinski definition) is 4. The van der Waals surface area contributed by atoms with Crippen LogP contribution in [0, 0.1) is 0 Å². The van der Waals surface area contributed by atoms with Gasteiger partial charge in [-0.15, -0.1) is 0 Å². The third kappa shape index (κ3) is 6.02. The molecular weight excluding hydrogens is 400 g/mol. The van der Waals surface area contributed by atoms with E-state index in [1.54, 1.807) is 18.2 Å². The van der Waals surface area contributed by atoms with E-state index in [9.17, 15) is 9.90 Å². The molecule has 166 valence electrons. The number of phenolic OH excluding ortho intramolecular Hbond substituents is 1. The SMILES string of the molecule is O=C(NCc1cccc(O)c1)NCc1ccccc1CN1CCN(c2ccccc2)CC1. The van der Waals surface area contributed by atoms with Gasteiger partial charge in [-0.1, -0.05) is 54.6 Å². The molecule has 2 amide bonds. The van der Waals surface area contributed by atoms with Gasteiger partial charge >= 0.3 is 6.03 Å². The van der Waals surface area contributed by atoms with Crippen LogP contribution in [-0.2, 0) is 19.6 Å². The Morgan fingerprint density at radius 2 is 1.47 bits per heavy atom. The van der Waals surface area contributed by atoms with Crippen molar-refractivity contribution in [3.8, 4) is 5.75 Å². The molecule has 1 aliphatic rings. The molecule has 3 aromatic carbocycles. The first-order valence-corrected chi connectivity index (χ1v) is 11.1. The van der Waals surface area contributed by atoms with Crippen molar-refractivity contribution in [2.45, 2.75) is 19.6 Å². The van der Waals surface area contributed by atoms with Crippen molar-refractivity contribution in [3.05, 3.63) is 95.6 Å². The monoisotopic (exact) mass is 430 g/mol. The smallest absolute Gasteiger partial charge is 0.315 e. The number of carbonyl (C=O) groups excluding carboxylic acids is 1. The maximum absolute atomic E-state index is 12.2. The Morgan fingerprint density at radius 1 is 0.781 bits per heavy atom. The van der Waals surface area contributed by atoms with Crippen LogP contribution in [0.3, 0.4) is 0 Å². The Labute approximate surface area is 189 Å². The number of carbonyl (C=O) groups is 1. The molecular formula is C26H30N4O2. The summed E-state index contributed by atoms with van der Waals surface area (Å²) in [6.45, 7) is 5.79. The van der Waals surface area contributed by atoms with Crippen LogP contribution in [0.15, 0.2) is 78.9 Å². The fraction of sp³-hybridized carbons (Fsp3) is 0.269. The highest BCUT2D eigenvalue weighted by Gasteiger charge is 2.18. The predicted molar refractivity (Wildman–Crippen MR) is 128 cm³/mol. The highest BCUT2D eigenvalue weighted by atomic mass is 16.3. The van der Waals surface area contributed by atoms with Crippen LogP contribution in [0.2, 0.25) is 0 Å². The third-order valence-electron chi connectivity index (χ3n) is 5.81. The highest BCUT2D eigenvalue weighted by molar-refractivity contribution is 5.73. The van der Waals surface area contributed by atoms with E-state index in [-0.39, 0.29) is 11.8 Å². The van der Waals surface area contributed by atoms with Gasteiger partial charge in [0.15, 0.2) is 0 Å². The van der Waals surface area contributed by atoms with Gasteiger partial charge in [-0.05, 0) is 41.0 Å². The average Bonchev–Trinajstić information content (AvgIpc) is 2.83. The summed E-state index contributed by atoms with van der Waals surface area (Å²) in [4.78, 5) is 17.1. The van der Waals surface area contributed by atoms with Crippen molar-refractivity contribution in [1.29, 1.82) is 0 Å². The lowest BCUT2D eigenvalue weighted by Crippen LogP contribution is -2.46. The van der Waals surface area contributed by atoms with Gasteiger partial charge in [0, 0.05) is 51.5 Å². The largest absolute Gasteiger partial charge is 0.508 e. The number of benzene rings is 3. The molecule has 0 unspecified atom stereocenters. The summed E-state index contributed by atoms with van der Waals surface area (Å²) in [5.74, 6) is 0.197. The standard InChI is InChI=1S/C26H30N4O2/c31-25-12-6-7-21(17-25)18-27-26(32)28-19-22-8-4-5-9-23(22)20-29-13-15-30(16-14-29)24-10-2-1-3-11-24/h1-12,17,31H,13-16,18-20H2,(H2,27,28,32). The van der Waals surface area contributed by atoms with Gasteiger partial charge in [0.1, 0.15) is 5.75 Å². The zero-order valence-corrected chi connectivity index (χ0v) is 18.2. The summed E-state index contributed by atoms with van der Waals surface area (Å²) in [5, 5.41) is 15.3. The number of aromatic hydroxyl groups is 1. The molecule has 6 nitrogen and oxygen atoms in total. The van der Waals surface area contributed by atoms with E-state index in [1.807, 2.05) is 12.1 Å². The lowest BCUT2D eigenvalue weighted by atomic mass is 10.1. The fourth-order valence-electron chi connectivity index (χ4n) is 4.01. The Hall–Kier alpha value is -3.51. The molecule has 3 aromatic rings. The molecule has 0 aliphatic carbocycles. The highest BCUT2D eigenvalue weighted by Crippen LogP contribution is 2.18. The molecule has 4 rings (SSSR count). The van der Waals surface area contributed by atoms with Crippen LogP contribution in [0.5, 0.6) is 5.75 Å². The van der Waals surface area contributed by atoms with Crippen LogP contribution in [0.4, 0.5) is 10.5 Å². The molecule has 0 aromatic heterocycles. The molecule has 1 heterocycles. The molecule has 3 N–H and O–H groups in total. The molecule has 0 saturated carbocycles. The van der Waals surface area contributed by atoms with Crippen molar-refractivity contribution in [3.63, 3.8) is 0 Å². The van der Waals surface area contributed by atoms with E-state index in [0.29, 0.717) is 13.1 Å². The van der Waals surface area contributed by atoms with Gasteiger partial charge in [0.25, 0.3) is 0 Å². The first-order chi connectivity index (χ1) is 15.7. The van der Waals surface area contributed by atoms with Crippen LogP contribution in [0.1, 0.15) is 16.7 Å². The van der Waals surface area contributed by atoms with Gasteiger partial charge < -0.3 is 20.6 Å². The fourth-order valence-corrected chi connectivity index (χ4v) is 4.01. The van der Waals surface area contributed by atoms with Crippen molar-refractivity contribution >= 4 is 11.7 Å². The molecule has 32 heavy (non-hydrogen) atoms. The summed E-state index contributed by atoms with van der Waals surface area (Å²) in [6.07, 6.45) is 0. The van der Waals surface area contributed by atoms with Gasteiger partial charge in [-0.2, -0.15) is 0 Å². The summed E-state index contributed by atoms with van der Waals surface area (Å²) in [7, 11) is 0. The second-order valence-corrected chi connectivity index (χ2v) is 8.07. The van der Waals surface area contributed by atoms with E-state index in [1.165, 1.54) is 11.3 Å². The summed E-state index contributed by atoms with van der Waals surface area (Å²) in [6, 6.07) is 25.5. The number of piperazine rings is 1. The van der Waals surface area contributed by atoms with Crippen LogP contribution in [0.25, 0.3) is 0 Å². The van der Waals surface area contributed by atoms with E-state index in [2.05, 4.69) is 69.0 Å². The molecule has 6 heteroatoms. The minimum atomic E-state index is -0.223. The zero-order valence-electron chi connectivity index (χ0n) is 18.2. The van der Waals surface area contributed by atoms with E-state index in [0.717, 1.165) is 43.9 Å². The Kier molecular flexibility index (Phi) is 7.25. The molecule has 0 radical (unpaired) electrons. The normalized spacial score (nSPS) is 14.2. The van der Waals surface area contributed by atoms with Crippen molar-refractivity contribution in [2.24, 2.45) is 0 Å². The minimum absolute atomic E-state index is 0.197. The van der Waals surface area contributed by atoms with Gasteiger partial charge in [0.2, 0.25) is 0 Å². The number of nitrogens with zero attached hydrogens (tertiary/aromatic N) is 2. The average molecular weight is 431 g/mol. The number of para-hydroxylation sites is 1. The summed E-state index contributed by atoms with van der Waals surface area (Å²) < 4.78 is 0. The number of phenols is 1. The molecule has 1 saturated heterocycles. The number of hydrogen-bond donors (Lipinski definition) is 3. The van der Waals surface area contributed by atoms with Crippen LogP contribution >= 0.6 is 0 Å². The molecule has 0 spiro atoms. The zero-order chi connectivity index (χ0) is 22.2. The number of anilines is 1. The maximum Gasteiger partial charge on any atom is 0.315 e. The van der Waals surface area contributed by atoms with E-state index >= 15 is 0 Å². The van der Waals surface area contributed by atoms with E-state index in [4.69, 9.17) is 0 Å². The van der Waals surface area contributed by atoms with Crippen LogP contribution < -0.4 is 15.5 Å². The second-order valence-electron chi connectivity index (χ2n) is 8.07. The second kappa shape index (κ2) is 10.7. The van der Waals surface area contributed by atoms with Gasteiger partial charge in [-0.25, -0.2) is 4.79 Å². The molecule has 1 aliphatic heterocycles. The number of nitrogens with one attached hydrogen (secondary N) is 2. The number of urea groups is 1. The summed E-state index contributed by atoms with van der Waals surface area (Å²) >= 11 is 0. The Bertz CT molecular complexity index is 1020. The molecule has 1 fully saturated rings. The quantitative estimate of drug-likeness (QED) is 0.535. The maximum atomic E-state index is 12.2. The van der Waals surface area contributed by atoms with Crippen molar-refractivity contribution in [1.82, 2.24) is 15.5 Å². The lowest BCUT2D eigenvalue weighted by Gasteiger charge is -2.36. The van der Waals surface area contributed by atoms with Gasteiger partial charge in [-0.3, -0.25) is 4.90 Å². The van der Waals surface area contributed by atoms with Gasteiger partial charge in [0.05, 0.1) is 0 Å². The van der Waals surface area contributed by atoms with E-state index < -0.39 is 0 Å².